The Morgan fingerprint density at radius 2 is 1.64 bits per heavy atom. The van der Waals surface area contributed by atoms with Gasteiger partial charge in [-0.25, -0.2) is 4.79 Å². The number of benzene rings is 3. The first-order valence-corrected chi connectivity index (χ1v) is 9.68. The molecule has 1 aliphatic heterocycles. The van der Waals surface area contributed by atoms with Crippen molar-refractivity contribution in [2.24, 2.45) is 5.92 Å². The Bertz CT molecular complexity index is 1070. The summed E-state index contributed by atoms with van der Waals surface area (Å²) >= 11 is 0. The molecule has 138 valence electrons. The average Bonchev–Trinajstić information content (AvgIpc) is 3.23. The lowest BCUT2D eigenvalue weighted by atomic mass is 9.75. The van der Waals surface area contributed by atoms with Crippen molar-refractivity contribution < 1.29 is 9.90 Å². The first-order valence-electron chi connectivity index (χ1n) is 9.68. The average molecular weight is 367 g/mol. The fourth-order valence-corrected chi connectivity index (χ4v) is 4.75. The van der Waals surface area contributed by atoms with Crippen molar-refractivity contribution in [3.63, 3.8) is 0 Å². The third kappa shape index (κ3) is 2.63. The highest BCUT2D eigenvalue weighted by Gasteiger charge is 2.39. The van der Waals surface area contributed by atoms with Gasteiger partial charge in [0.25, 0.3) is 0 Å². The summed E-state index contributed by atoms with van der Waals surface area (Å²) in [7, 11) is 0. The van der Waals surface area contributed by atoms with Crippen LogP contribution in [0.25, 0.3) is 11.1 Å². The zero-order chi connectivity index (χ0) is 19.1. The molecule has 0 aromatic heterocycles. The Morgan fingerprint density at radius 1 is 0.893 bits per heavy atom. The van der Waals surface area contributed by atoms with Gasteiger partial charge >= 0.3 is 5.97 Å². The van der Waals surface area contributed by atoms with Gasteiger partial charge in [0.15, 0.2) is 0 Å². The van der Waals surface area contributed by atoms with Gasteiger partial charge in [-0.1, -0.05) is 78.9 Å². The van der Waals surface area contributed by atoms with E-state index in [2.05, 4.69) is 47.8 Å². The number of carbonyl (C=O) groups is 1. The zero-order valence-corrected chi connectivity index (χ0v) is 15.4. The summed E-state index contributed by atoms with van der Waals surface area (Å²) in [5, 5.41) is 13.5. The number of carboxylic acid groups (broad SMARTS) is 1. The SMILES string of the molecule is O=C(O)c1ccccc1[C@@H]1Nc2c(-c3ccccc3)cccc2[C@H]2C=CC[C@@H]21. The van der Waals surface area contributed by atoms with Crippen molar-refractivity contribution in [3.8, 4) is 11.1 Å². The van der Waals surface area contributed by atoms with Crippen molar-refractivity contribution in [1.82, 2.24) is 0 Å². The lowest BCUT2D eigenvalue weighted by molar-refractivity contribution is 0.0694. The molecule has 3 heteroatoms. The van der Waals surface area contributed by atoms with Crippen LogP contribution in [0.15, 0.2) is 84.9 Å². The molecular weight excluding hydrogens is 346 g/mol. The molecule has 0 saturated heterocycles. The summed E-state index contributed by atoms with van der Waals surface area (Å²) in [6, 6.07) is 24.2. The van der Waals surface area contributed by atoms with Gasteiger partial charge in [0, 0.05) is 17.2 Å². The number of hydrogen-bond acceptors (Lipinski definition) is 2. The van der Waals surface area contributed by atoms with E-state index in [9.17, 15) is 9.90 Å². The van der Waals surface area contributed by atoms with Gasteiger partial charge < -0.3 is 10.4 Å². The van der Waals surface area contributed by atoms with E-state index in [4.69, 9.17) is 0 Å². The number of rotatable bonds is 3. The van der Waals surface area contributed by atoms with Crippen LogP contribution in [0.2, 0.25) is 0 Å². The summed E-state index contributed by atoms with van der Waals surface area (Å²) < 4.78 is 0. The highest BCUT2D eigenvalue weighted by Crippen LogP contribution is 2.52. The first-order chi connectivity index (χ1) is 13.7. The fraction of sp³-hybridized carbons (Fsp3) is 0.160. The molecule has 3 aromatic rings. The fourth-order valence-electron chi connectivity index (χ4n) is 4.75. The van der Waals surface area contributed by atoms with Crippen molar-refractivity contribution >= 4 is 11.7 Å². The van der Waals surface area contributed by atoms with Crippen molar-refractivity contribution in [2.45, 2.75) is 18.4 Å². The second kappa shape index (κ2) is 6.68. The van der Waals surface area contributed by atoms with Crippen molar-refractivity contribution in [1.29, 1.82) is 0 Å². The van der Waals surface area contributed by atoms with Gasteiger partial charge in [-0.3, -0.25) is 0 Å². The van der Waals surface area contributed by atoms with Crippen molar-refractivity contribution in [3.05, 3.63) is 102 Å². The van der Waals surface area contributed by atoms with Crippen LogP contribution >= 0.6 is 0 Å². The smallest absolute Gasteiger partial charge is 0.336 e. The van der Waals surface area contributed by atoms with Crippen LogP contribution in [0, 0.1) is 5.92 Å². The van der Waals surface area contributed by atoms with Gasteiger partial charge in [0.05, 0.1) is 11.6 Å². The zero-order valence-electron chi connectivity index (χ0n) is 15.4. The van der Waals surface area contributed by atoms with Crippen LogP contribution in [0.5, 0.6) is 0 Å². The number of nitrogens with one attached hydrogen (secondary N) is 1. The van der Waals surface area contributed by atoms with E-state index in [0.29, 0.717) is 17.4 Å². The maximum atomic E-state index is 11.8. The molecule has 0 saturated carbocycles. The largest absolute Gasteiger partial charge is 0.478 e. The number of aromatic carboxylic acids is 1. The quantitative estimate of drug-likeness (QED) is 0.569. The number of fused-ring (bicyclic) bond motifs is 3. The summed E-state index contributed by atoms with van der Waals surface area (Å²) in [6.45, 7) is 0. The predicted molar refractivity (Wildman–Crippen MR) is 112 cm³/mol. The highest BCUT2D eigenvalue weighted by molar-refractivity contribution is 5.90. The van der Waals surface area contributed by atoms with Crippen LogP contribution in [-0.4, -0.2) is 11.1 Å². The molecule has 0 fully saturated rings. The third-order valence-electron chi connectivity index (χ3n) is 6.01. The van der Waals surface area contributed by atoms with E-state index in [1.165, 1.54) is 5.56 Å². The van der Waals surface area contributed by atoms with Crippen molar-refractivity contribution in [2.75, 3.05) is 5.32 Å². The van der Waals surface area contributed by atoms with E-state index in [1.807, 2.05) is 30.3 Å². The van der Waals surface area contributed by atoms with Gasteiger partial charge in [-0.2, -0.15) is 0 Å². The second-order valence-corrected chi connectivity index (χ2v) is 7.50. The Morgan fingerprint density at radius 3 is 2.46 bits per heavy atom. The van der Waals surface area contributed by atoms with Gasteiger partial charge in [-0.15, -0.1) is 0 Å². The van der Waals surface area contributed by atoms with E-state index in [-0.39, 0.29) is 6.04 Å². The molecule has 2 aliphatic rings. The molecule has 2 N–H and O–H groups in total. The molecule has 28 heavy (non-hydrogen) atoms. The summed E-state index contributed by atoms with van der Waals surface area (Å²) in [5.41, 5.74) is 5.98. The molecule has 3 aromatic carbocycles. The molecule has 0 radical (unpaired) electrons. The number of carboxylic acids is 1. The Balaban J connectivity index is 1.68. The summed E-state index contributed by atoms with van der Waals surface area (Å²) in [4.78, 5) is 11.8. The molecule has 1 aliphatic carbocycles. The monoisotopic (exact) mass is 367 g/mol. The number of para-hydroxylation sites is 1. The second-order valence-electron chi connectivity index (χ2n) is 7.50. The maximum absolute atomic E-state index is 11.8. The lowest BCUT2D eigenvalue weighted by Gasteiger charge is -2.39. The van der Waals surface area contributed by atoms with E-state index in [0.717, 1.165) is 28.8 Å². The van der Waals surface area contributed by atoms with Crippen LogP contribution < -0.4 is 5.32 Å². The van der Waals surface area contributed by atoms with Gasteiger partial charge in [-0.05, 0) is 35.1 Å². The molecule has 1 heterocycles. The topological polar surface area (TPSA) is 49.3 Å². The van der Waals surface area contributed by atoms with E-state index >= 15 is 0 Å². The van der Waals surface area contributed by atoms with Crippen LogP contribution in [0.3, 0.4) is 0 Å². The molecule has 5 rings (SSSR count). The van der Waals surface area contributed by atoms with Gasteiger partial charge in [0.1, 0.15) is 0 Å². The molecule has 3 nitrogen and oxygen atoms in total. The summed E-state index contributed by atoms with van der Waals surface area (Å²) in [5.74, 6) is -0.257. The van der Waals surface area contributed by atoms with Crippen LogP contribution in [0.1, 0.15) is 39.9 Å². The summed E-state index contributed by atoms with van der Waals surface area (Å²) in [6.07, 6.45) is 5.47. The predicted octanol–water partition coefficient (Wildman–Crippen LogP) is 5.88. The Hall–Kier alpha value is -3.33. The molecular formula is C25H21NO2. The minimum absolute atomic E-state index is 0.0373. The van der Waals surface area contributed by atoms with Crippen LogP contribution in [-0.2, 0) is 0 Å². The van der Waals surface area contributed by atoms with Crippen LogP contribution in [0.4, 0.5) is 5.69 Å². The first kappa shape index (κ1) is 16.8. The maximum Gasteiger partial charge on any atom is 0.336 e. The van der Waals surface area contributed by atoms with Gasteiger partial charge in [0.2, 0.25) is 0 Å². The molecule has 0 unspecified atom stereocenters. The molecule has 3 atom stereocenters. The normalized spacial score (nSPS) is 22.2. The molecule has 0 spiro atoms. The Kier molecular flexibility index (Phi) is 4.01. The highest BCUT2D eigenvalue weighted by atomic mass is 16.4. The lowest BCUT2D eigenvalue weighted by Crippen LogP contribution is -2.30. The minimum atomic E-state index is -0.873. The van der Waals surface area contributed by atoms with E-state index < -0.39 is 5.97 Å². The number of anilines is 1. The number of hydrogen-bond donors (Lipinski definition) is 2. The molecule has 0 amide bonds. The number of allylic oxidation sites excluding steroid dienone is 2. The third-order valence-corrected chi connectivity index (χ3v) is 6.01. The Labute approximate surface area is 164 Å². The standard InChI is InChI=1S/C25H21NO2/c27-25(28)22-11-5-4-10-21(22)24-20-15-7-13-18(20)19-14-6-12-17(23(19)26-24)16-8-2-1-3-9-16/h1-14,18,20,24,26H,15H2,(H,27,28)/t18-,20+,24-/m1/s1. The van der Waals surface area contributed by atoms with E-state index in [1.54, 1.807) is 12.1 Å². The minimum Gasteiger partial charge on any atom is -0.478 e. The molecule has 0 bridgehead atoms.